The van der Waals surface area contributed by atoms with Crippen LogP contribution in [0.2, 0.25) is 0 Å². The van der Waals surface area contributed by atoms with Crippen molar-refractivity contribution in [1.82, 2.24) is 9.97 Å². The fourth-order valence-corrected chi connectivity index (χ4v) is 3.47. The lowest BCUT2D eigenvalue weighted by Gasteiger charge is -2.19. The molecule has 8 heteroatoms. The molecule has 0 spiro atoms. The third-order valence-corrected chi connectivity index (χ3v) is 4.84. The minimum Gasteiger partial charge on any atom is -0.455 e. The maximum atomic E-state index is 13.9. The number of benzene rings is 2. The summed E-state index contributed by atoms with van der Waals surface area (Å²) in [5.41, 5.74) is 6.78. The average molecular weight is 415 g/mol. The van der Waals surface area contributed by atoms with Gasteiger partial charge in [0.1, 0.15) is 34.6 Å². The van der Waals surface area contributed by atoms with Crippen molar-refractivity contribution in [1.29, 1.82) is 0 Å². The highest BCUT2D eigenvalue weighted by Crippen LogP contribution is 2.34. The van der Waals surface area contributed by atoms with Crippen molar-refractivity contribution in [3.05, 3.63) is 87.4 Å². The van der Waals surface area contributed by atoms with E-state index in [-0.39, 0.29) is 34.1 Å². The van der Waals surface area contributed by atoms with E-state index in [0.29, 0.717) is 22.4 Å². The first-order valence-electron chi connectivity index (χ1n) is 9.49. The Morgan fingerprint density at radius 3 is 2.71 bits per heavy atom. The van der Waals surface area contributed by atoms with Gasteiger partial charge in [-0.3, -0.25) is 4.79 Å². The molecule has 3 N–H and O–H groups in total. The largest absolute Gasteiger partial charge is 0.455 e. The normalized spacial score (nSPS) is 11.8. The number of nitrogens with two attached hydrogens (primary N) is 1. The van der Waals surface area contributed by atoms with Crippen LogP contribution in [0.5, 0.6) is 0 Å². The van der Waals surface area contributed by atoms with Gasteiger partial charge in [0.2, 0.25) is 0 Å². The van der Waals surface area contributed by atoms with E-state index in [0.717, 1.165) is 0 Å². The third-order valence-electron chi connectivity index (χ3n) is 4.84. The number of fused-ring (bicyclic) bond motifs is 1. The van der Waals surface area contributed by atoms with Crippen molar-refractivity contribution >= 4 is 28.3 Å². The van der Waals surface area contributed by atoms with Gasteiger partial charge >= 0.3 is 0 Å². The SMILES string of the molecule is [C-]#[N+]c1c(N)nc(C)nc1NC(C)c1c(-c2cccc(F)c2)oc2ccccc2c1=O. The number of para-hydroxylation sites is 1. The van der Waals surface area contributed by atoms with E-state index in [1.807, 2.05) is 0 Å². The topological polar surface area (TPSA) is 98.4 Å². The number of nitrogens with one attached hydrogen (secondary N) is 1. The molecule has 0 fully saturated rings. The van der Waals surface area contributed by atoms with E-state index < -0.39 is 11.9 Å². The standard InChI is InChI=1S/C23H18FN5O2/c1-12(27-23-19(26-3)22(25)28-13(2)29-23)18-20(30)16-9-4-5-10-17(16)31-21(18)14-7-6-8-15(24)11-14/h4-12H,1-2H3,(H3,25,27,28,29). The molecule has 0 aliphatic heterocycles. The zero-order valence-electron chi connectivity index (χ0n) is 16.8. The van der Waals surface area contributed by atoms with Crippen molar-refractivity contribution < 1.29 is 8.81 Å². The molecule has 0 aliphatic carbocycles. The minimum atomic E-state index is -0.631. The van der Waals surface area contributed by atoms with Crippen LogP contribution in [0.3, 0.4) is 0 Å². The van der Waals surface area contributed by atoms with Crippen molar-refractivity contribution in [3.8, 4) is 11.3 Å². The van der Waals surface area contributed by atoms with Crippen molar-refractivity contribution in [3.63, 3.8) is 0 Å². The number of anilines is 2. The summed E-state index contributed by atoms with van der Waals surface area (Å²) >= 11 is 0. The molecule has 2 heterocycles. The number of aromatic nitrogens is 2. The summed E-state index contributed by atoms with van der Waals surface area (Å²) < 4.78 is 20.0. The zero-order valence-corrected chi connectivity index (χ0v) is 16.8. The number of nitrogen functional groups attached to an aromatic ring is 1. The molecule has 4 aromatic rings. The van der Waals surface area contributed by atoms with E-state index in [9.17, 15) is 9.18 Å². The number of nitrogens with zero attached hydrogens (tertiary/aromatic N) is 3. The second-order valence-corrected chi connectivity index (χ2v) is 7.01. The molecule has 7 nitrogen and oxygen atoms in total. The molecule has 0 aliphatic rings. The molecule has 0 saturated carbocycles. The predicted molar refractivity (Wildman–Crippen MR) is 117 cm³/mol. The molecule has 2 aromatic carbocycles. The van der Waals surface area contributed by atoms with Gasteiger partial charge in [-0.15, -0.1) is 0 Å². The Morgan fingerprint density at radius 1 is 1.19 bits per heavy atom. The van der Waals surface area contributed by atoms with Gasteiger partial charge in [0, 0.05) is 5.56 Å². The summed E-state index contributed by atoms with van der Waals surface area (Å²) in [7, 11) is 0. The van der Waals surface area contributed by atoms with Crippen molar-refractivity contribution in [2.45, 2.75) is 19.9 Å². The molecule has 2 aromatic heterocycles. The highest BCUT2D eigenvalue weighted by molar-refractivity contribution is 5.81. The van der Waals surface area contributed by atoms with E-state index >= 15 is 0 Å². The van der Waals surface area contributed by atoms with Crippen LogP contribution < -0.4 is 16.5 Å². The van der Waals surface area contributed by atoms with Gasteiger partial charge < -0.3 is 15.5 Å². The zero-order chi connectivity index (χ0) is 22.1. The van der Waals surface area contributed by atoms with Crippen molar-refractivity contribution in [2.24, 2.45) is 0 Å². The van der Waals surface area contributed by atoms with Crippen LogP contribution in [0.15, 0.2) is 57.7 Å². The van der Waals surface area contributed by atoms with E-state index in [1.54, 1.807) is 50.2 Å². The molecule has 1 unspecified atom stereocenters. The molecule has 4 rings (SSSR count). The first-order valence-corrected chi connectivity index (χ1v) is 9.49. The maximum absolute atomic E-state index is 13.9. The van der Waals surface area contributed by atoms with E-state index in [4.69, 9.17) is 16.7 Å². The Labute approximate surface area is 177 Å². The van der Waals surface area contributed by atoms with Gasteiger partial charge in [-0.1, -0.05) is 24.3 Å². The first-order chi connectivity index (χ1) is 14.9. The Morgan fingerprint density at radius 2 is 1.97 bits per heavy atom. The number of halogens is 1. The average Bonchev–Trinajstić information content (AvgIpc) is 2.73. The smallest absolute Gasteiger partial charge is 0.268 e. The Bertz CT molecular complexity index is 1410. The lowest BCUT2D eigenvalue weighted by atomic mass is 9.99. The van der Waals surface area contributed by atoms with Crippen molar-refractivity contribution in [2.75, 3.05) is 11.1 Å². The van der Waals surface area contributed by atoms with Crippen LogP contribution in [-0.2, 0) is 0 Å². The second-order valence-electron chi connectivity index (χ2n) is 7.01. The summed E-state index contributed by atoms with van der Waals surface area (Å²) in [4.78, 5) is 25.1. The Hall–Kier alpha value is -4.25. The number of hydrogen-bond acceptors (Lipinski definition) is 6. The van der Waals surface area contributed by atoms with Gasteiger partial charge in [0.05, 0.1) is 23.6 Å². The third kappa shape index (κ3) is 3.69. The number of aryl methyl sites for hydroxylation is 1. The van der Waals surface area contributed by atoms with Crippen LogP contribution in [0.1, 0.15) is 24.4 Å². The van der Waals surface area contributed by atoms with Crippen LogP contribution in [0.4, 0.5) is 21.7 Å². The molecule has 31 heavy (non-hydrogen) atoms. The molecular formula is C23H18FN5O2. The molecule has 0 bridgehead atoms. The highest BCUT2D eigenvalue weighted by atomic mass is 19.1. The summed E-state index contributed by atoms with van der Waals surface area (Å²) in [6, 6.07) is 12.1. The summed E-state index contributed by atoms with van der Waals surface area (Å²) in [5, 5.41) is 3.49. The lowest BCUT2D eigenvalue weighted by molar-refractivity contribution is 0.599. The molecule has 154 valence electrons. The molecular weight excluding hydrogens is 397 g/mol. The predicted octanol–water partition coefficient (Wildman–Crippen LogP) is 5.00. The Balaban J connectivity index is 1.93. The first kappa shape index (κ1) is 20.0. The van der Waals surface area contributed by atoms with Gasteiger partial charge in [-0.2, -0.15) is 0 Å². The van der Waals surface area contributed by atoms with Gasteiger partial charge in [0.15, 0.2) is 5.43 Å². The molecule has 0 amide bonds. The molecule has 0 saturated heterocycles. The van der Waals surface area contributed by atoms with E-state index in [1.165, 1.54) is 12.1 Å². The van der Waals surface area contributed by atoms with Gasteiger partial charge in [-0.05, 0) is 38.1 Å². The van der Waals surface area contributed by atoms with E-state index in [2.05, 4.69) is 20.1 Å². The molecule has 0 radical (unpaired) electrons. The molecule has 1 atom stereocenters. The van der Waals surface area contributed by atoms with Gasteiger partial charge in [0.25, 0.3) is 5.69 Å². The van der Waals surface area contributed by atoms with Crippen LogP contribution >= 0.6 is 0 Å². The van der Waals surface area contributed by atoms with Gasteiger partial charge in [-0.25, -0.2) is 19.2 Å². The maximum Gasteiger partial charge on any atom is 0.268 e. The summed E-state index contributed by atoms with van der Waals surface area (Å²) in [5.74, 6) is 0.439. The second kappa shape index (κ2) is 7.88. The van der Waals surface area contributed by atoms with Crippen LogP contribution in [-0.4, -0.2) is 9.97 Å². The number of rotatable bonds is 4. The van der Waals surface area contributed by atoms with Crippen LogP contribution in [0.25, 0.3) is 27.1 Å². The lowest BCUT2D eigenvalue weighted by Crippen LogP contribution is -2.20. The fourth-order valence-electron chi connectivity index (χ4n) is 3.47. The quantitative estimate of drug-likeness (QED) is 0.455. The Kier molecular flexibility index (Phi) is 5.09. The summed E-state index contributed by atoms with van der Waals surface area (Å²) in [6.07, 6.45) is 0. The van der Waals surface area contributed by atoms with Crippen LogP contribution in [0, 0.1) is 19.3 Å². The highest BCUT2D eigenvalue weighted by Gasteiger charge is 2.23. The monoisotopic (exact) mass is 415 g/mol. The minimum absolute atomic E-state index is 0.0492. The summed E-state index contributed by atoms with van der Waals surface area (Å²) in [6.45, 7) is 10.8. The fraction of sp³-hybridized carbons (Fsp3) is 0.130. The number of hydrogen-bond donors (Lipinski definition) is 2.